The van der Waals surface area contributed by atoms with Crippen molar-refractivity contribution in [2.75, 3.05) is 20.1 Å². The summed E-state index contributed by atoms with van der Waals surface area (Å²) in [5.74, 6) is -5.02. The molecule has 0 radical (unpaired) electrons. The van der Waals surface area contributed by atoms with Gasteiger partial charge in [0.25, 0.3) is 0 Å². The van der Waals surface area contributed by atoms with Gasteiger partial charge in [0.1, 0.15) is 0 Å². The summed E-state index contributed by atoms with van der Waals surface area (Å²) in [6, 6.07) is 13.9. The molecule has 0 aliphatic carbocycles. The van der Waals surface area contributed by atoms with Crippen molar-refractivity contribution in [2.45, 2.75) is 41.1 Å². The van der Waals surface area contributed by atoms with Crippen LogP contribution in [0, 0.1) is 0 Å². The Labute approximate surface area is 215 Å². The van der Waals surface area contributed by atoms with Crippen LogP contribution in [0.5, 0.6) is 0 Å². The molecule has 11 heteroatoms. The zero-order valence-corrected chi connectivity index (χ0v) is 21.0. The number of aliphatic hydroxyl groups is 1. The molecule has 2 heterocycles. The Morgan fingerprint density at radius 1 is 0.944 bits per heavy atom. The highest BCUT2D eigenvalue weighted by molar-refractivity contribution is 7.85. The summed E-state index contributed by atoms with van der Waals surface area (Å²) in [6.45, 7) is 2.15. The van der Waals surface area contributed by atoms with Gasteiger partial charge in [0.2, 0.25) is 0 Å². The van der Waals surface area contributed by atoms with Gasteiger partial charge in [-0.15, -0.1) is 0 Å². The molecule has 4 N–H and O–H groups in total. The molecule has 2 aliphatic heterocycles. The Hall–Kier alpha value is -3.05. The molecule has 9 nitrogen and oxygen atoms in total. The fourth-order valence-corrected chi connectivity index (χ4v) is 5.84. The Morgan fingerprint density at radius 2 is 1.50 bits per heavy atom. The van der Waals surface area contributed by atoms with Gasteiger partial charge in [-0.3, -0.25) is 9.59 Å². The second-order valence-electron chi connectivity index (χ2n) is 8.66. The molecular weight excluding hydrogens is 510 g/mol. The Bertz CT molecular complexity index is 1230. The van der Waals surface area contributed by atoms with Crippen molar-refractivity contribution < 1.29 is 39.0 Å². The Morgan fingerprint density at radius 3 is 2.06 bits per heavy atom. The number of hydrogen-bond acceptors (Lipinski definition) is 6. The molecule has 1 fully saturated rings. The Kier molecular flexibility index (Phi) is 8.67. The van der Waals surface area contributed by atoms with Crippen molar-refractivity contribution in [1.82, 2.24) is 4.90 Å². The fourth-order valence-electron chi connectivity index (χ4n) is 4.19. The van der Waals surface area contributed by atoms with E-state index in [1.165, 1.54) is 11.1 Å². The van der Waals surface area contributed by atoms with Crippen molar-refractivity contribution >= 4 is 45.9 Å². The number of rotatable bonds is 5. The zero-order valence-electron chi connectivity index (χ0n) is 19.4. The van der Waals surface area contributed by atoms with E-state index in [0.29, 0.717) is 5.02 Å². The SMILES string of the molecule is CN1CCC(=C2c3ccccc3S(=O)c3cc(Cl)ccc32)CC1.O=C(O)CC(O)(CC(=O)O)C(=O)O. The quantitative estimate of drug-likeness (QED) is 0.386. The maximum atomic E-state index is 13.0. The monoisotopic (exact) mass is 535 g/mol. The van der Waals surface area contributed by atoms with Gasteiger partial charge < -0.3 is 25.3 Å². The average Bonchev–Trinajstić information content (AvgIpc) is 2.80. The number of benzene rings is 2. The lowest BCUT2D eigenvalue weighted by atomic mass is 9.88. The van der Waals surface area contributed by atoms with Crippen LogP contribution in [-0.4, -0.2) is 73.2 Å². The van der Waals surface area contributed by atoms with Crippen LogP contribution in [-0.2, 0) is 25.2 Å². The molecule has 0 amide bonds. The molecule has 0 bridgehead atoms. The van der Waals surface area contributed by atoms with E-state index in [0.717, 1.165) is 46.8 Å². The molecule has 2 aromatic carbocycles. The van der Waals surface area contributed by atoms with Gasteiger partial charge in [-0.1, -0.05) is 41.4 Å². The minimum absolute atomic E-state index is 0.643. The van der Waals surface area contributed by atoms with Crippen LogP contribution in [0.25, 0.3) is 5.57 Å². The van der Waals surface area contributed by atoms with E-state index < -0.39 is 47.2 Å². The van der Waals surface area contributed by atoms with E-state index >= 15 is 0 Å². The summed E-state index contributed by atoms with van der Waals surface area (Å²) >= 11 is 6.16. The van der Waals surface area contributed by atoms with Crippen molar-refractivity contribution in [3.63, 3.8) is 0 Å². The third-order valence-electron chi connectivity index (χ3n) is 6.00. The first-order chi connectivity index (χ1) is 16.9. The molecule has 192 valence electrons. The minimum atomic E-state index is -2.74. The lowest BCUT2D eigenvalue weighted by Crippen LogP contribution is -2.42. The Balaban J connectivity index is 0.000000240. The highest BCUT2D eigenvalue weighted by atomic mass is 35.5. The van der Waals surface area contributed by atoms with Gasteiger partial charge in [-0.2, -0.15) is 0 Å². The first-order valence-corrected chi connectivity index (χ1v) is 12.6. The van der Waals surface area contributed by atoms with E-state index in [2.05, 4.69) is 18.0 Å². The number of nitrogens with zero attached hydrogens (tertiary/aromatic N) is 1. The number of hydrogen-bond donors (Lipinski definition) is 4. The van der Waals surface area contributed by atoms with Crippen LogP contribution in [0.4, 0.5) is 0 Å². The second-order valence-corrected chi connectivity index (χ2v) is 10.5. The summed E-state index contributed by atoms with van der Waals surface area (Å²) < 4.78 is 13.0. The molecule has 2 aliphatic rings. The molecule has 0 aromatic heterocycles. The summed E-state index contributed by atoms with van der Waals surface area (Å²) in [4.78, 5) is 34.6. The van der Waals surface area contributed by atoms with Gasteiger partial charge in [-0.25, -0.2) is 9.00 Å². The van der Waals surface area contributed by atoms with E-state index in [-0.39, 0.29) is 0 Å². The van der Waals surface area contributed by atoms with Crippen LogP contribution in [0.2, 0.25) is 5.02 Å². The van der Waals surface area contributed by atoms with Crippen LogP contribution < -0.4 is 0 Å². The predicted molar refractivity (Wildman–Crippen MR) is 132 cm³/mol. The molecule has 1 atom stereocenters. The number of carbonyl (C=O) groups is 3. The highest BCUT2D eigenvalue weighted by Crippen LogP contribution is 2.43. The summed E-state index contributed by atoms with van der Waals surface area (Å²) in [7, 11) is 1.00. The average molecular weight is 536 g/mol. The lowest BCUT2D eigenvalue weighted by molar-refractivity contribution is -0.170. The van der Waals surface area contributed by atoms with Crippen molar-refractivity contribution in [3.05, 3.63) is 64.2 Å². The van der Waals surface area contributed by atoms with Crippen molar-refractivity contribution in [3.8, 4) is 0 Å². The second kappa shape index (κ2) is 11.3. The van der Waals surface area contributed by atoms with Gasteiger partial charge in [-0.05, 0) is 54.8 Å². The van der Waals surface area contributed by atoms with E-state index in [1.807, 2.05) is 36.4 Å². The van der Waals surface area contributed by atoms with Crippen LogP contribution in [0.3, 0.4) is 0 Å². The lowest BCUT2D eigenvalue weighted by Gasteiger charge is -2.30. The molecule has 0 saturated carbocycles. The van der Waals surface area contributed by atoms with E-state index in [9.17, 15) is 18.6 Å². The van der Waals surface area contributed by atoms with Crippen LogP contribution in [0.1, 0.15) is 36.8 Å². The number of fused-ring (bicyclic) bond motifs is 2. The molecule has 0 spiro atoms. The number of carboxylic acid groups (broad SMARTS) is 3. The maximum Gasteiger partial charge on any atom is 0.336 e. The number of halogens is 1. The molecule has 36 heavy (non-hydrogen) atoms. The van der Waals surface area contributed by atoms with Gasteiger partial charge in [0.05, 0.1) is 33.4 Å². The van der Waals surface area contributed by atoms with Crippen LogP contribution in [0.15, 0.2) is 57.8 Å². The van der Waals surface area contributed by atoms with Gasteiger partial charge in [0.15, 0.2) is 5.60 Å². The van der Waals surface area contributed by atoms with Gasteiger partial charge in [0, 0.05) is 18.1 Å². The zero-order chi connectivity index (χ0) is 26.6. The molecular formula is C25H26ClNO8S. The standard InChI is InChI=1S/C19H18ClNOS.C6H8O7/c1-21-10-8-13(9-11-21)19-15-4-2-3-5-17(15)23(22)18-12-14(20)6-7-16(18)19;7-3(8)1-6(13,5(11)12)2-4(9)10/h2-7,12H,8-11H2,1H3;13H,1-2H2,(H,7,8)(H,9,10)(H,11,12). The maximum absolute atomic E-state index is 13.0. The largest absolute Gasteiger partial charge is 0.481 e. The number of aliphatic carboxylic acids is 3. The normalized spacial score (nSPS) is 17.4. The first-order valence-electron chi connectivity index (χ1n) is 11.0. The topological polar surface area (TPSA) is 152 Å². The highest BCUT2D eigenvalue weighted by Gasteiger charge is 2.40. The molecule has 1 saturated heterocycles. The van der Waals surface area contributed by atoms with E-state index in [4.69, 9.17) is 32.0 Å². The van der Waals surface area contributed by atoms with Crippen molar-refractivity contribution in [1.29, 1.82) is 0 Å². The third kappa shape index (κ3) is 6.19. The van der Waals surface area contributed by atoms with E-state index in [1.54, 1.807) is 0 Å². The molecule has 1 unspecified atom stereocenters. The van der Waals surface area contributed by atoms with Crippen molar-refractivity contribution in [2.24, 2.45) is 0 Å². The predicted octanol–water partition coefficient (Wildman–Crippen LogP) is 3.10. The number of piperidine rings is 1. The summed E-state index contributed by atoms with van der Waals surface area (Å²) in [5, 5.41) is 34.5. The summed E-state index contributed by atoms with van der Waals surface area (Å²) in [5.41, 5.74) is 2.22. The fraction of sp³-hybridized carbons (Fsp3) is 0.320. The van der Waals surface area contributed by atoms with Crippen LogP contribution >= 0.6 is 11.6 Å². The molecule has 2 aromatic rings. The van der Waals surface area contributed by atoms with Gasteiger partial charge >= 0.3 is 17.9 Å². The molecule has 4 rings (SSSR count). The summed E-state index contributed by atoms with van der Waals surface area (Å²) in [6.07, 6.45) is -0.160. The smallest absolute Gasteiger partial charge is 0.336 e. The third-order valence-corrected chi connectivity index (χ3v) is 7.73. The minimum Gasteiger partial charge on any atom is -0.481 e. The number of carboxylic acids is 3. The first kappa shape index (κ1) is 27.5. The number of likely N-dealkylation sites (tertiary alicyclic amines) is 1.